The summed E-state index contributed by atoms with van der Waals surface area (Å²) in [5, 5.41) is 0. The molecule has 0 saturated heterocycles. The molecule has 0 spiro atoms. The lowest BCUT2D eigenvalue weighted by Gasteiger charge is -2.13. The monoisotopic (exact) mass is 361 g/mol. The Kier molecular flexibility index (Phi) is 4.50. The van der Waals surface area contributed by atoms with Gasteiger partial charge in [-0.05, 0) is 31.9 Å². The van der Waals surface area contributed by atoms with Crippen molar-refractivity contribution in [3.05, 3.63) is 66.0 Å². The van der Waals surface area contributed by atoms with E-state index in [4.69, 9.17) is 0 Å². The topological polar surface area (TPSA) is 81.0 Å². The Morgan fingerprint density at radius 3 is 2.22 bits per heavy atom. The van der Waals surface area contributed by atoms with Gasteiger partial charge in [-0.15, -0.1) is 0 Å². The predicted molar refractivity (Wildman–Crippen MR) is 99.0 cm³/mol. The van der Waals surface area contributed by atoms with Crippen LogP contribution in [-0.2, 0) is 6.54 Å². The Bertz CT molecular complexity index is 959. The fraction of sp³-hybridized carbons (Fsp3) is 0.250. The Hall–Kier alpha value is -3.35. The third kappa shape index (κ3) is 3.36. The molecule has 27 heavy (non-hydrogen) atoms. The Morgan fingerprint density at radius 1 is 0.852 bits per heavy atom. The molecule has 0 N–H and O–H groups in total. The van der Waals surface area contributed by atoms with Crippen LogP contribution in [0.25, 0.3) is 11.4 Å². The summed E-state index contributed by atoms with van der Waals surface area (Å²) >= 11 is 0. The van der Waals surface area contributed by atoms with E-state index in [0.717, 1.165) is 36.5 Å². The highest BCUT2D eigenvalue weighted by Crippen LogP contribution is 2.22. The number of hydrogen-bond acceptors (Lipinski definition) is 5. The molecule has 0 unspecified atom stereocenters. The molecule has 1 aliphatic heterocycles. The van der Waals surface area contributed by atoms with E-state index < -0.39 is 0 Å². The second-order valence-corrected chi connectivity index (χ2v) is 6.55. The number of hydrogen-bond donors (Lipinski definition) is 0. The number of rotatable bonds is 6. The maximum Gasteiger partial charge on any atom is 0.261 e. The number of fused-ring (bicyclic) bond motifs is 1. The minimum Gasteiger partial charge on any atom is -0.337 e. The van der Waals surface area contributed by atoms with Crippen LogP contribution in [0.4, 0.5) is 0 Å². The summed E-state index contributed by atoms with van der Waals surface area (Å²) in [4.78, 5) is 38.9. The zero-order valence-corrected chi connectivity index (χ0v) is 15.0. The molecule has 3 heterocycles. The molecule has 1 aromatic carbocycles. The minimum atomic E-state index is -0.196. The number of imidazole rings is 1. The van der Waals surface area contributed by atoms with Gasteiger partial charge in [-0.3, -0.25) is 24.5 Å². The second kappa shape index (κ2) is 7.11. The quantitative estimate of drug-likeness (QED) is 0.498. The van der Waals surface area contributed by atoms with Crippen LogP contribution in [0.1, 0.15) is 39.3 Å². The van der Waals surface area contributed by atoms with Crippen molar-refractivity contribution in [3.63, 3.8) is 0 Å². The zero-order chi connectivity index (χ0) is 18.8. The van der Waals surface area contributed by atoms with E-state index in [1.165, 1.54) is 4.90 Å². The highest BCUT2D eigenvalue weighted by Gasteiger charge is 2.34. The molecule has 0 bridgehead atoms. The average molecular weight is 361 g/mol. The summed E-state index contributed by atoms with van der Waals surface area (Å²) in [6.45, 7) is 3.08. The third-order valence-electron chi connectivity index (χ3n) is 4.60. The summed E-state index contributed by atoms with van der Waals surface area (Å²) in [5.74, 6) is -0.392. The van der Waals surface area contributed by atoms with Gasteiger partial charge < -0.3 is 4.57 Å². The van der Waals surface area contributed by atoms with E-state index in [-0.39, 0.29) is 11.8 Å². The fourth-order valence-electron chi connectivity index (χ4n) is 3.15. The van der Waals surface area contributed by atoms with Crippen LogP contribution in [0, 0.1) is 6.92 Å². The fourth-order valence-corrected chi connectivity index (χ4v) is 3.15. The van der Waals surface area contributed by atoms with Crippen LogP contribution >= 0.6 is 0 Å². The summed E-state index contributed by atoms with van der Waals surface area (Å²) in [6, 6.07) is 6.97. The first kappa shape index (κ1) is 17.1. The largest absolute Gasteiger partial charge is 0.337 e. The molecule has 3 aromatic rings. The minimum absolute atomic E-state index is 0.196. The van der Waals surface area contributed by atoms with Crippen LogP contribution in [0.2, 0.25) is 0 Å². The van der Waals surface area contributed by atoms with Crippen molar-refractivity contribution in [1.29, 1.82) is 0 Å². The molecule has 136 valence electrons. The van der Waals surface area contributed by atoms with E-state index in [2.05, 4.69) is 15.0 Å². The van der Waals surface area contributed by atoms with Gasteiger partial charge in [0.05, 0.1) is 29.3 Å². The standard InChI is InChI=1S/C20H19N5O2/c1-14-10-22-17(11-21-14)18-12-24(13-23-18)8-4-5-9-25-19(26)15-6-2-3-7-16(15)20(25)27/h2-3,6-7,10-13H,4-5,8-9H2,1H3. The number of benzene rings is 1. The molecule has 0 fully saturated rings. The maximum atomic E-state index is 12.3. The summed E-state index contributed by atoms with van der Waals surface area (Å²) in [6.07, 6.45) is 8.70. The van der Waals surface area contributed by atoms with Crippen LogP contribution in [-0.4, -0.2) is 42.8 Å². The number of amides is 2. The number of aromatic nitrogens is 4. The van der Waals surface area contributed by atoms with Gasteiger partial charge in [0.15, 0.2) is 0 Å². The lowest BCUT2D eigenvalue weighted by Crippen LogP contribution is -2.30. The highest BCUT2D eigenvalue weighted by atomic mass is 16.2. The molecule has 0 atom stereocenters. The smallest absolute Gasteiger partial charge is 0.261 e. The van der Waals surface area contributed by atoms with Gasteiger partial charge in [-0.25, -0.2) is 4.98 Å². The molecule has 0 radical (unpaired) electrons. The van der Waals surface area contributed by atoms with Crippen molar-refractivity contribution < 1.29 is 9.59 Å². The van der Waals surface area contributed by atoms with Crippen molar-refractivity contribution in [1.82, 2.24) is 24.4 Å². The van der Waals surface area contributed by atoms with E-state index >= 15 is 0 Å². The van der Waals surface area contributed by atoms with E-state index in [1.807, 2.05) is 17.7 Å². The second-order valence-electron chi connectivity index (χ2n) is 6.55. The lowest BCUT2D eigenvalue weighted by atomic mass is 10.1. The first-order chi connectivity index (χ1) is 13.1. The molecular formula is C20H19N5O2. The Balaban J connectivity index is 1.31. The molecule has 2 amide bonds. The number of nitrogens with zero attached hydrogens (tertiary/aromatic N) is 5. The van der Waals surface area contributed by atoms with Crippen LogP contribution in [0.5, 0.6) is 0 Å². The molecule has 1 aliphatic rings. The number of unbranched alkanes of at least 4 members (excludes halogenated alkanes) is 1. The van der Waals surface area contributed by atoms with Crippen LogP contribution in [0.15, 0.2) is 49.2 Å². The van der Waals surface area contributed by atoms with Gasteiger partial charge in [0, 0.05) is 25.5 Å². The van der Waals surface area contributed by atoms with Gasteiger partial charge in [-0.1, -0.05) is 12.1 Å². The molecular weight excluding hydrogens is 342 g/mol. The van der Waals surface area contributed by atoms with Crippen molar-refractivity contribution >= 4 is 11.8 Å². The number of imide groups is 1. The number of carbonyl (C=O) groups excluding carboxylic acids is 2. The Labute approximate surface area is 156 Å². The lowest BCUT2D eigenvalue weighted by molar-refractivity contribution is 0.0651. The van der Waals surface area contributed by atoms with Crippen LogP contribution in [0.3, 0.4) is 0 Å². The normalized spacial score (nSPS) is 13.3. The summed E-state index contributed by atoms with van der Waals surface area (Å²) in [7, 11) is 0. The molecule has 7 heteroatoms. The van der Waals surface area contributed by atoms with Gasteiger partial charge in [0.25, 0.3) is 11.8 Å². The van der Waals surface area contributed by atoms with Gasteiger partial charge in [0.2, 0.25) is 0 Å². The van der Waals surface area contributed by atoms with Crippen LogP contribution < -0.4 is 0 Å². The van der Waals surface area contributed by atoms with Gasteiger partial charge >= 0.3 is 0 Å². The highest BCUT2D eigenvalue weighted by molar-refractivity contribution is 6.21. The van der Waals surface area contributed by atoms with E-state index in [0.29, 0.717) is 17.7 Å². The predicted octanol–water partition coefficient (Wildman–Crippen LogP) is 2.72. The molecule has 4 rings (SSSR count). The van der Waals surface area contributed by atoms with Gasteiger partial charge in [0.1, 0.15) is 11.4 Å². The van der Waals surface area contributed by atoms with E-state index in [9.17, 15) is 9.59 Å². The molecule has 2 aromatic heterocycles. The van der Waals surface area contributed by atoms with E-state index in [1.54, 1.807) is 43.0 Å². The Morgan fingerprint density at radius 2 is 1.56 bits per heavy atom. The summed E-state index contributed by atoms with van der Waals surface area (Å²) in [5.41, 5.74) is 3.39. The first-order valence-electron chi connectivity index (χ1n) is 8.89. The summed E-state index contributed by atoms with van der Waals surface area (Å²) < 4.78 is 1.99. The average Bonchev–Trinajstić information content (AvgIpc) is 3.25. The van der Waals surface area contributed by atoms with Gasteiger partial charge in [-0.2, -0.15) is 0 Å². The van der Waals surface area contributed by atoms with Crippen molar-refractivity contribution in [2.45, 2.75) is 26.3 Å². The molecule has 0 saturated carbocycles. The molecule has 7 nitrogen and oxygen atoms in total. The number of aryl methyl sites for hydroxylation is 2. The van der Waals surface area contributed by atoms with Crippen molar-refractivity contribution in [2.75, 3.05) is 6.54 Å². The number of carbonyl (C=O) groups is 2. The zero-order valence-electron chi connectivity index (χ0n) is 15.0. The SMILES string of the molecule is Cc1cnc(-c2cn(CCCCN3C(=O)c4ccccc4C3=O)cn2)cn1. The third-order valence-corrected chi connectivity index (χ3v) is 4.60. The first-order valence-corrected chi connectivity index (χ1v) is 8.89. The van der Waals surface area contributed by atoms with Crippen molar-refractivity contribution in [2.24, 2.45) is 0 Å². The van der Waals surface area contributed by atoms with Crippen molar-refractivity contribution in [3.8, 4) is 11.4 Å². The molecule has 0 aliphatic carbocycles. The maximum absolute atomic E-state index is 12.3.